The zero-order valence-corrected chi connectivity index (χ0v) is 13.4. The highest BCUT2D eigenvalue weighted by molar-refractivity contribution is 9.09. The van der Waals surface area contributed by atoms with Crippen molar-refractivity contribution in [2.45, 2.75) is 19.1 Å². The number of benzene rings is 1. The number of rotatable bonds is 2. The summed E-state index contributed by atoms with van der Waals surface area (Å²) in [6.07, 6.45) is 1.77. The Kier molecular flexibility index (Phi) is 4.22. The maximum atomic E-state index is 12.8. The molecule has 1 aromatic carbocycles. The number of ether oxygens (including phenoxy) is 1. The fourth-order valence-electron chi connectivity index (χ4n) is 2.74. The molecule has 1 aromatic heterocycles. The van der Waals surface area contributed by atoms with Crippen LogP contribution < -0.4 is 0 Å². The molecule has 2 unspecified atom stereocenters. The Morgan fingerprint density at radius 3 is 3.00 bits per heavy atom. The largest absolute Gasteiger partial charge is 0.371 e. The van der Waals surface area contributed by atoms with Crippen LogP contribution in [0.2, 0.25) is 0 Å². The molecule has 0 bridgehead atoms. The molecule has 2 aromatic rings. The molecule has 0 aliphatic carbocycles. The molecule has 1 aliphatic rings. The molecule has 0 radical (unpaired) electrons. The molecule has 5 heteroatoms. The van der Waals surface area contributed by atoms with Gasteiger partial charge in [-0.2, -0.15) is 0 Å². The maximum absolute atomic E-state index is 12.8. The summed E-state index contributed by atoms with van der Waals surface area (Å²) in [6, 6.07) is 9.77. The molecule has 0 N–H and O–H groups in total. The third kappa shape index (κ3) is 2.94. The molecular formula is C16H17BrN2O2. The zero-order valence-electron chi connectivity index (χ0n) is 11.8. The SMILES string of the molecule is CC1CN(C(=O)c2nccc3ccccc23)CC(CBr)O1. The summed E-state index contributed by atoms with van der Waals surface area (Å²) in [7, 11) is 0. The van der Waals surface area contributed by atoms with Crippen molar-refractivity contribution in [2.24, 2.45) is 0 Å². The van der Waals surface area contributed by atoms with Crippen molar-refractivity contribution in [1.82, 2.24) is 9.88 Å². The minimum atomic E-state index is -0.0205. The van der Waals surface area contributed by atoms with Gasteiger partial charge in [-0.25, -0.2) is 0 Å². The first kappa shape index (κ1) is 14.5. The summed E-state index contributed by atoms with van der Waals surface area (Å²) in [5.41, 5.74) is 0.524. The average molecular weight is 349 g/mol. The molecule has 2 atom stereocenters. The van der Waals surface area contributed by atoms with Crippen LogP contribution in [0.1, 0.15) is 17.4 Å². The smallest absolute Gasteiger partial charge is 0.273 e. The van der Waals surface area contributed by atoms with Crippen LogP contribution in [0.4, 0.5) is 0 Å². The van der Waals surface area contributed by atoms with E-state index in [1.807, 2.05) is 42.2 Å². The summed E-state index contributed by atoms with van der Waals surface area (Å²) >= 11 is 3.43. The number of nitrogens with zero attached hydrogens (tertiary/aromatic N) is 2. The maximum Gasteiger partial charge on any atom is 0.273 e. The number of carbonyl (C=O) groups excluding carboxylic acids is 1. The number of pyridine rings is 1. The molecule has 1 amide bonds. The van der Waals surface area contributed by atoms with Crippen LogP contribution in [-0.4, -0.2) is 46.4 Å². The van der Waals surface area contributed by atoms with Gasteiger partial charge in [-0.1, -0.05) is 40.2 Å². The van der Waals surface area contributed by atoms with Crippen LogP contribution in [0.5, 0.6) is 0 Å². The molecule has 1 fully saturated rings. The molecule has 3 rings (SSSR count). The van der Waals surface area contributed by atoms with Crippen molar-refractivity contribution in [3.05, 3.63) is 42.2 Å². The van der Waals surface area contributed by atoms with Gasteiger partial charge in [-0.15, -0.1) is 0 Å². The van der Waals surface area contributed by atoms with Crippen LogP contribution in [0.25, 0.3) is 10.8 Å². The molecule has 4 nitrogen and oxygen atoms in total. The number of fused-ring (bicyclic) bond motifs is 1. The van der Waals surface area contributed by atoms with E-state index in [1.54, 1.807) is 6.20 Å². The molecule has 0 saturated carbocycles. The van der Waals surface area contributed by atoms with Gasteiger partial charge in [0, 0.05) is 30.0 Å². The molecule has 21 heavy (non-hydrogen) atoms. The van der Waals surface area contributed by atoms with Crippen molar-refractivity contribution >= 4 is 32.6 Å². The van der Waals surface area contributed by atoms with Crippen molar-refractivity contribution in [3.8, 4) is 0 Å². The highest BCUT2D eigenvalue weighted by atomic mass is 79.9. The summed E-state index contributed by atoms with van der Waals surface area (Å²) in [5.74, 6) is -0.0205. The van der Waals surface area contributed by atoms with Gasteiger partial charge < -0.3 is 9.64 Å². The number of amides is 1. The van der Waals surface area contributed by atoms with E-state index in [1.165, 1.54) is 0 Å². The van der Waals surface area contributed by atoms with E-state index in [2.05, 4.69) is 20.9 Å². The van der Waals surface area contributed by atoms with Gasteiger partial charge >= 0.3 is 0 Å². The molecule has 110 valence electrons. The normalized spacial score (nSPS) is 22.5. The van der Waals surface area contributed by atoms with E-state index in [9.17, 15) is 4.79 Å². The minimum Gasteiger partial charge on any atom is -0.371 e. The van der Waals surface area contributed by atoms with E-state index in [0.29, 0.717) is 18.8 Å². The summed E-state index contributed by atoms with van der Waals surface area (Å²) < 4.78 is 5.78. The second-order valence-electron chi connectivity index (χ2n) is 5.31. The lowest BCUT2D eigenvalue weighted by Crippen LogP contribution is -2.49. The Labute approximate surface area is 132 Å². The van der Waals surface area contributed by atoms with Crippen LogP contribution in [0.15, 0.2) is 36.5 Å². The monoisotopic (exact) mass is 348 g/mol. The fraction of sp³-hybridized carbons (Fsp3) is 0.375. The van der Waals surface area contributed by atoms with Crippen LogP contribution in [0, 0.1) is 0 Å². The van der Waals surface area contributed by atoms with Gasteiger partial charge in [-0.05, 0) is 18.4 Å². The number of carbonyl (C=O) groups is 1. The third-order valence-corrected chi connectivity index (χ3v) is 4.38. The van der Waals surface area contributed by atoms with Gasteiger partial charge in [0.1, 0.15) is 5.69 Å². The van der Waals surface area contributed by atoms with Crippen LogP contribution in [-0.2, 0) is 4.74 Å². The molecule has 1 saturated heterocycles. The third-order valence-electron chi connectivity index (χ3n) is 3.66. The van der Waals surface area contributed by atoms with Crippen LogP contribution in [0.3, 0.4) is 0 Å². The Bertz CT molecular complexity index is 656. The first-order chi connectivity index (χ1) is 10.2. The van der Waals surface area contributed by atoms with E-state index >= 15 is 0 Å². The number of alkyl halides is 1. The lowest BCUT2D eigenvalue weighted by molar-refractivity contribution is -0.0560. The van der Waals surface area contributed by atoms with Gasteiger partial charge in [0.15, 0.2) is 0 Å². The van der Waals surface area contributed by atoms with Gasteiger partial charge in [0.05, 0.1) is 12.2 Å². The average Bonchev–Trinajstić information content (AvgIpc) is 2.53. The predicted molar refractivity (Wildman–Crippen MR) is 85.8 cm³/mol. The van der Waals surface area contributed by atoms with Gasteiger partial charge in [0.2, 0.25) is 0 Å². The number of morpholine rings is 1. The molecule has 2 heterocycles. The standard InChI is InChI=1S/C16H17BrN2O2/c1-11-9-19(10-13(8-17)21-11)16(20)15-14-5-3-2-4-12(14)6-7-18-15/h2-7,11,13H,8-10H2,1H3. The van der Waals surface area contributed by atoms with E-state index < -0.39 is 0 Å². The number of hydrogen-bond acceptors (Lipinski definition) is 3. The summed E-state index contributed by atoms with van der Waals surface area (Å²) in [6.45, 7) is 3.19. The first-order valence-electron chi connectivity index (χ1n) is 7.03. The fourth-order valence-corrected chi connectivity index (χ4v) is 3.09. The lowest BCUT2D eigenvalue weighted by atomic mass is 10.1. The molecule has 1 aliphatic heterocycles. The highest BCUT2D eigenvalue weighted by Gasteiger charge is 2.29. The first-order valence-corrected chi connectivity index (χ1v) is 8.15. The van der Waals surface area contributed by atoms with Gasteiger partial charge in [-0.3, -0.25) is 9.78 Å². The summed E-state index contributed by atoms with van der Waals surface area (Å²) in [5, 5.41) is 2.66. The Morgan fingerprint density at radius 2 is 2.19 bits per heavy atom. The van der Waals surface area contributed by atoms with Crippen LogP contribution >= 0.6 is 15.9 Å². The topological polar surface area (TPSA) is 42.4 Å². The highest BCUT2D eigenvalue weighted by Crippen LogP contribution is 2.20. The second-order valence-corrected chi connectivity index (χ2v) is 5.96. The van der Waals surface area contributed by atoms with Crippen molar-refractivity contribution in [3.63, 3.8) is 0 Å². The Balaban J connectivity index is 1.93. The quantitative estimate of drug-likeness (QED) is 0.783. The lowest BCUT2D eigenvalue weighted by Gasteiger charge is -2.36. The summed E-state index contributed by atoms with van der Waals surface area (Å²) in [4.78, 5) is 19.0. The Morgan fingerprint density at radius 1 is 1.38 bits per heavy atom. The molecule has 0 spiro atoms. The van der Waals surface area contributed by atoms with Crippen molar-refractivity contribution in [1.29, 1.82) is 0 Å². The van der Waals surface area contributed by atoms with Crippen molar-refractivity contribution in [2.75, 3.05) is 18.4 Å². The number of halogens is 1. The zero-order chi connectivity index (χ0) is 14.8. The van der Waals surface area contributed by atoms with Crippen molar-refractivity contribution < 1.29 is 9.53 Å². The van der Waals surface area contributed by atoms with Gasteiger partial charge in [0.25, 0.3) is 5.91 Å². The van der Waals surface area contributed by atoms with E-state index in [0.717, 1.165) is 16.1 Å². The van der Waals surface area contributed by atoms with E-state index in [-0.39, 0.29) is 18.1 Å². The second kappa shape index (κ2) is 6.12. The predicted octanol–water partition coefficient (Wildman–Crippen LogP) is 2.86. The minimum absolute atomic E-state index is 0.0205. The molecular weight excluding hydrogens is 332 g/mol. The number of hydrogen-bond donors (Lipinski definition) is 0. The van der Waals surface area contributed by atoms with E-state index in [4.69, 9.17) is 4.74 Å². The number of aromatic nitrogens is 1. The Hall–Kier alpha value is -1.46.